The Hall–Kier alpha value is -1.17. The first-order valence-corrected chi connectivity index (χ1v) is 8.30. The van der Waals surface area contributed by atoms with E-state index in [2.05, 4.69) is 15.3 Å². The fourth-order valence-electron chi connectivity index (χ4n) is 2.33. The smallest absolute Gasteiger partial charge is 0.154 e. The molecule has 0 saturated carbocycles. The SMILES string of the molecule is CNc1nc(CS(C)(=O)=O)nc2c1CCCCC2. The van der Waals surface area contributed by atoms with Gasteiger partial charge in [0.2, 0.25) is 0 Å². The number of fused-ring (bicyclic) bond motifs is 1. The molecule has 0 bridgehead atoms. The Kier molecular flexibility index (Phi) is 3.85. The number of sulfone groups is 1. The molecule has 1 aliphatic rings. The summed E-state index contributed by atoms with van der Waals surface area (Å²) in [6.07, 6.45) is 6.57. The summed E-state index contributed by atoms with van der Waals surface area (Å²) in [6, 6.07) is 0. The number of anilines is 1. The largest absolute Gasteiger partial charge is 0.373 e. The van der Waals surface area contributed by atoms with Gasteiger partial charge in [-0.1, -0.05) is 6.42 Å². The summed E-state index contributed by atoms with van der Waals surface area (Å²) in [4.78, 5) is 8.77. The van der Waals surface area contributed by atoms with E-state index in [-0.39, 0.29) is 5.75 Å². The summed E-state index contributed by atoms with van der Waals surface area (Å²) in [6.45, 7) is 0. The van der Waals surface area contributed by atoms with E-state index >= 15 is 0 Å². The van der Waals surface area contributed by atoms with Crippen molar-refractivity contribution in [1.29, 1.82) is 0 Å². The first-order chi connectivity index (χ1) is 8.49. The van der Waals surface area contributed by atoms with Gasteiger partial charge in [0.05, 0.1) is 0 Å². The molecular formula is C12H19N3O2S. The lowest BCUT2D eigenvalue weighted by atomic mass is 10.1. The maximum atomic E-state index is 11.3. The van der Waals surface area contributed by atoms with Crippen LogP contribution in [0.5, 0.6) is 0 Å². The summed E-state index contributed by atoms with van der Waals surface area (Å²) in [5, 5.41) is 3.06. The van der Waals surface area contributed by atoms with Crippen LogP contribution < -0.4 is 5.32 Å². The summed E-state index contributed by atoms with van der Waals surface area (Å²) >= 11 is 0. The van der Waals surface area contributed by atoms with Gasteiger partial charge in [-0.3, -0.25) is 0 Å². The fourth-order valence-corrected chi connectivity index (χ4v) is 2.93. The highest BCUT2D eigenvalue weighted by atomic mass is 32.2. The van der Waals surface area contributed by atoms with Crippen LogP contribution in [0.3, 0.4) is 0 Å². The number of nitrogens with zero attached hydrogens (tertiary/aromatic N) is 2. The number of rotatable bonds is 3. The summed E-state index contributed by atoms with van der Waals surface area (Å²) in [7, 11) is -1.27. The topological polar surface area (TPSA) is 72.0 Å². The molecule has 0 aromatic carbocycles. The maximum absolute atomic E-state index is 11.3. The first kappa shape index (κ1) is 13.3. The average molecular weight is 269 g/mol. The van der Waals surface area contributed by atoms with Crippen molar-refractivity contribution < 1.29 is 8.42 Å². The molecule has 0 radical (unpaired) electrons. The third-order valence-electron chi connectivity index (χ3n) is 3.11. The second-order valence-corrected chi connectivity index (χ2v) is 6.93. The van der Waals surface area contributed by atoms with E-state index in [0.717, 1.165) is 42.8 Å². The standard InChI is InChI=1S/C12H19N3O2S/c1-13-12-9-6-4-3-5-7-10(9)14-11(15-12)8-18(2,16)17/h3-8H2,1-2H3,(H,13,14,15). The van der Waals surface area contributed by atoms with Gasteiger partial charge in [0.15, 0.2) is 9.84 Å². The minimum absolute atomic E-state index is 0.0883. The van der Waals surface area contributed by atoms with E-state index in [1.807, 2.05) is 7.05 Å². The molecule has 2 rings (SSSR count). The third-order valence-corrected chi connectivity index (χ3v) is 3.89. The number of hydrogen-bond donors (Lipinski definition) is 1. The molecule has 18 heavy (non-hydrogen) atoms. The van der Waals surface area contributed by atoms with Crippen LogP contribution in [0.4, 0.5) is 5.82 Å². The lowest BCUT2D eigenvalue weighted by molar-refractivity contribution is 0.599. The zero-order chi connectivity index (χ0) is 13.2. The molecule has 1 aromatic rings. The van der Waals surface area contributed by atoms with Gasteiger partial charge in [-0.05, 0) is 25.7 Å². The average Bonchev–Trinajstić information content (AvgIpc) is 2.50. The highest BCUT2D eigenvalue weighted by molar-refractivity contribution is 7.89. The number of aryl methyl sites for hydroxylation is 1. The predicted molar refractivity (Wildman–Crippen MR) is 71.4 cm³/mol. The highest BCUT2D eigenvalue weighted by Gasteiger charge is 2.17. The molecule has 1 heterocycles. The molecule has 0 atom stereocenters. The molecule has 0 spiro atoms. The van der Waals surface area contributed by atoms with Gasteiger partial charge < -0.3 is 5.32 Å². The Balaban J connectivity index is 2.43. The molecule has 5 nitrogen and oxygen atoms in total. The number of hydrogen-bond acceptors (Lipinski definition) is 5. The molecule has 0 fully saturated rings. The van der Waals surface area contributed by atoms with Gasteiger partial charge >= 0.3 is 0 Å². The molecule has 0 amide bonds. The van der Waals surface area contributed by atoms with Crippen LogP contribution in [0.15, 0.2) is 0 Å². The van der Waals surface area contributed by atoms with Crippen LogP contribution in [0.2, 0.25) is 0 Å². The normalized spacial score (nSPS) is 15.9. The molecule has 0 unspecified atom stereocenters. The van der Waals surface area contributed by atoms with Crippen molar-refractivity contribution in [3.63, 3.8) is 0 Å². The van der Waals surface area contributed by atoms with Crippen LogP contribution in [0.1, 0.15) is 36.3 Å². The Bertz CT molecular complexity index is 540. The van der Waals surface area contributed by atoms with E-state index in [4.69, 9.17) is 0 Å². The summed E-state index contributed by atoms with van der Waals surface area (Å²) < 4.78 is 22.7. The predicted octanol–water partition coefficient (Wildman–Crippen LogP) is 1.33. The summed E-state index contributed by atoms with van der Waals surface area (Å²) in [5.41, 5.74) is 2.18. The van der Waals surface area contributed by atoms with Crippen LogP contribution in [-0.2, 0) is 28.4 Å². The minimum Gasteiger partial charge on any atom is -0.373 e. The molecule has 1 N–H and O–H groups in total. The molecule has 6 heteroatoms. The van der Waals surface area contributed by atoms with Gasteiger partial charge in [0, 0.05) is 24.6 Å². The monoisotopic (exact) mass is 269 g/mol. The van der Waals surface area contributed by atoms with Gasteiger partial charge in [-0.15, -0.1) is 0 Å². The van der Waals surface area contributed by atoms with Crippen molar-refractivity contribution in [2.24, 2.45) is 0 Å². The van der Waals surface area contributed by atoms with Crippen LogP contribution in [0, 0.1) is 0 Å². The molecular weight excluding hydrogens is 250 g/mol. The summed E-state index contributed by atoms with van der Waals surface area (Å²) in [5.74, 6) is 1.11. The number of aromatic nitrogens is 2. The molecule has 100 valence electrons. The lowest BCUT2D eigenvalue weighted by Gasteiger charge is -2.12. The molecule has 0 aliphatic heterocycles. The third kappa shape index (κ3) is 3.19. The van der Waals surface area contributed by atoms with Gasteiger partial charge in [-0.25, -0.2) is 18.4 Å². The van der Waals surface area contributed by atoms with Crippen molar-refractivity contribution in [3.05, 3.63) is 17.1 Å². The van der Waals surface area contributed by atoms with Crippen LogP contribution >= 0.6 is 0 Å². The Morgan fingerprint density at radius 3 is 2.56 bits per heavy atom. The molecule has 0 saturated heterocycles. The maximum Gasteiger partial charge on any atom is 0.154 e. The van der Waals surface area contributed by atoms with Crippen LogP contribution in [-0.4, -0.2) is 31.7 Å². The second-order valence-electron chi connectivity index (χ2n) is 4.79. The van der Waals surface area contributed by atoms with Crippen molar-refractivity contribution >= 4 is 15.7 Å². The lowest BCUT2D eigenvalue weighted by Crippen LogP contribution is -2.12. The molecule has 1 aromatic heterocycles. The van der Waals surface area contributed by atoms with E-state index < -0.39 is 9.84 Å². The second kappa shape index (κ2) is 5.22. The first-order valence-electron chi connectivity index (χ1n) is 6.24. The van der Waals surface area contributed by atoms with E-state index in [1.165, 1.54) is 12.7 Å². The zero-order valence-corrected chi connectivity index (χ0v) is 11.7. The van der Waals surface area contributed by atoms with Gasteiger partial charge in [0.25, 0.3) is 0 Å². The van der Waals surface area contributed by atoms with Gasteiger partial charge in [-0.2, -0.15) is 0 Å². The Morgan fingerprint density at radius 1 is 1.17 bits per heavy atom. The van der Waals surface area contributed by atoms with Crippen molar-refractivity contribution in [2.75, 3.05) is 18.6 Å². The van der Waals surface area contributed by atoms with E-state index in [0.29, 0.717) is 5.82 Å². The van der Waals surface area contributed by atoms with Crippen molar-refractivity contribution in [3.8, 4) is 0 Å². The van der Waals surface area contributed by atoms with Crippen LogP contribution in [0.25, 0.3) is 0 Å². The van der Waals surface area contributed by atoms with E-state index in [9.17, 15) is 8.42 Å². The fraction of sp³-hybridized carbons (Fsp3) is 0.667. The minimum atomic E-state index is -3.09. The van der Waals surface area contributed by atoms with Crippen molar-refractivity contribution in [2.45, 2.75) is 37.9 Å². The highest BCUT2D eigenvalue weighted by Crippen LogP contribution is 2.24. The Labute approximate surface area is 108 Å². The number of nitrogens with one attached hydrogen (secondary N) is 1. The Morgan fingerprint density at radius 2 is 1.89 bits per heavy atom. The van der Waals surface area contributed by atoms with E-state index in [1.54, 1.807) is 0 Å². The van der Waals surface area contributed by atoms with Gasteiger partial charge in [0.1, 0.15) is 17.4 Å². The molecule has 1 aliphatic carbocycles. The quantitative estimate of drug-likeness (QED) is 0.838. The zero-order valence-electron chi connectivity index (χ0n) is 10.9. The van der Waals surface area contributed by atoms with Crippen molar-refractivity contribution in [1.82, 2.24) is 9.97 Å².